The number of aromatic nitrogens is 3. The topological polar surface area (TPSA) is 41.6 Å². The molecule has 0 spiro atoms. The monoisotopic (exact) mass is 235 g/mol. The van der Waals surface area contributed by atoms with Gasteiger partial charge in [-0.05, 0) is 18.1 Å². The Morgan fingerprint density at radius 3 is 3.00 bits per heavy atom. The van der Waals surface area contributed by atoms with Gasteiger partial charge in [0.05, 0.1) is 11.9 Å². The van der Waals surface area contributed by atoms with Crippen molar-refractivity contribution in [3.8, 4) is 0 Å². The quantitative estimate of drug-likeness (QED) is 0.824. The van der Waals surface area contributed by atoms with Gasteiger partial charge < -0.3 is 4.98 Å². The SMILES string of the molecule is FC1(F)CC=C(c2cnc3[nH]ccc3n2)CC1. The highest BCUT2D eigenvalue weighted by atomic mass is 19.3. The van der Waals surface area contributed by atoms with Gasteiger partial charge in [0.15, 0.2) is 5.65 Å². The van der Waals surface area contributed by atoms with Crippen molar-refractivity contribution in [2.45, 2.75) is 25.2 Å². The van der Waals surface area contributed by atoms with Crippen molar-refractivity contribution in [1.29, 1.82) is 0 Å². The second-order valence-electron chi connectivity index (χ2n) is 4.26. The molecule has 1 aliphatic carbocycles. The summed E-state index contributed by atoms with van der Waals surface area (Å²) in [7, 11) is 0. The Bertz CT molecular complexity index is 586. The molecular formula is C12H11F2N3. The molecule has 0 radical (unpaired) electrons. The number of H-pyrrole nitrogens is 1. The summed E-state index contributed by atoms with van der Waals surface area (Å²) in [6.07, 6.45) is 5.02. The molecule has 1 N–H and O–H groups in total. The largest absolute Gasteiger partial charge is 0.345 e. The van der Waals surface area contributed by atoms with E-state index >= 15 is 0 Å². The first-order valence-corrected chi connectivity index (χ1v) is 5.51. The fourth-order valence-electron chi connectivity index (χ4n) is 2.01. The maximum Gasteiger partial charge on any atom is 0.251 e. The van der Waals surface area contributed by atoms with E-state index in [9.17, 15) is 8.78 Å². The van der Waals surface area contributed by atoms with Gasteiger partial charge in [0, 0.05) is 19.0 Å². The molecule has 0 saturated carbocycles. The predicted octanol–water partition coefficient (Wildman–Crippen LogP) is 3.16. The average Bonchev–Trinajstić information content (AvgIpc) is 2.76. The Morgan fingerprint density at radius 2 is 2.24 bits per heavy atom. The van der Waals surface area contributed by atoms with Gasteiger partial charge in [-0.3, -0.25) is 0 Å². The summed E-state index contributed by atoms with van der Waals surface area (Å²) in [5.74, 6) is -2.56. The molecule has 2 heterocycles. The number of nitrogens with zero attached hydrogens (tertiary/aromatic N) is 2. The zero-order valence-corrected chi connectivity index (χ0v) is 9.08. The molecule has 5 heteroatoms. The van der Waals surface area contributed by atoms with E-state index in [1.165, 1.54) is 0 Å². The Labute approximate surface area is 96.6 Å². The lowest BCUT2D eigenvalue weighted by Gasteiger charge is -2.20. The minimum atomic E-state index is -2.56. The Kier molecular flexibility index (Phi) is 2.21. The van der Waals surface area contributed by atoms with E-state index in [1.807, 2.05) is 6.07 Å². The van der Waals surface area contributed by atoms with Crippen molar-refractivity contribution in [3.05, 3.63) is 30.2 Å². The number of hydrogen-bond acceptors (Lipinski definition) is 2. The zero-order chi connectivity index (χ0) is 11.9. The molecule has 0 unspecified atom stereocenters. The van der Waals surface area contributed by atoms with Crippen molar-refractivity contribution in [2.24, 2.45) is 0 Å². The van der Waals surface area contributed by atoms with E-state index in [-0.39, 0.29) is 12.8 Å². The van der Waals surface area contributed by atoms with Crippen molar-refractivity contribution in [3.63, 3.8) is 0 Å². The lowest BCUT2D eigenvalue weighted by molar-refractivity contribution is -0.00605. The number of allylic oxidation sites excluding steroid dienone is 2. The molecular weight excluding hydrogens is 224 g/mol. The molecule has 2 aromatic heterocycles. The van der Waals surface area contributed by atoms with Crippen LogP contribution in [0.2, 0.25) is 0 Å². The summed E-state index contributed by atoms with van der Waals surface area (Å²) in [6.45, 7) is 0. The second kappa shape index (κ2) is 3.61. The molecule has 3 rings (SSSR count). The third kappa shape index (κ3) is 1.92. The van der Waals surface area contributed by atoms with Gasteiger partial charge in [0.1, 0.15) is 5.52 Å². The highest BCUT2D eigenvalue weighted by Gasteiger charge is 2.31. The Hall–Kier alpha value is -1.78. The van der Waals surface area contributed by atoms with Crippen LogP contribution in [0.3, 0.4) is 0 Å². The number of halogens is 2. The number of aromatic amines is 1. The lowest BCUT2D eigenvalue weighted by atomic mass is 9.94. The van der Waals surface area contributed by atoms with Gasteiger partial charge in [0.25, 0.3) is 5.92 Å². The van der Waals surface area contributed by atoms with Gasteiger partial charge in [0.2, 0.25) is 0 Å². The van der Waals surface area contributed by atoms with E-state index in [4.69, 9.17) is 0 Å². The van der Waals surface area contributed by atoms with Gasteiger partial charge in [-0.2, -0.15) is 0 Å². The van der Waals surface area contributed by atoms with E-state index in [0.717, 1.165) is 16.7 Å². The molecule has 88 valence electrons. The Morgan fingerprint density at radius 1 is 1.35 bits per heavy atom. The van der Waals surface area contributed by atoms with Crippen LogP contribution in [0.25, 0.3) is 16.7 Å². The van der Waals surface area contributed by atoms with Crippen LogP contribution in [0.15, 0.2) is 24.5 Å². The summed E-state index contributed by atoms with van der Waals surface area (Å²) in [6, 6.07) is 1.82. The van der Waals surface area contributed by atoms with E-state index in [0.29, 0.717) is 12.1 Å². The van der Waals surface area contributed by atoms with Gasteiger partial charge in [-0.25, -0.2) is 18.7 Å². The first kappa shape index (κ1) is 10.4. The summed E-state index contributed by atoms with van der Waals surface area (Å²) in [5, 5.41) is 0. The van der Waals surface area contributed by atoms with Crippen LogP contribution in [0.5, 0.6) is 0 Å². The van der Waals surface area contributed by atoms with Crippen molar-refractivity contribution in [1.82, 2.24) is 15.0 Å². The summed E-state index contributed by atoms with van der Waals surface area (Å²) < 4.78 is 26.0. The van der Waals surface area contributed by atoms with E-state index in [1.54, 1.807) is 18.5 Å². The van der Waals surface area contributed by atoms with Crippen LogP contribution >= 0.6 is 0 Å². The number of nitrogens with one attached hydrogen (secondary N) is 1. The van der Waals surface area contributed by atoms with Crippen LogP contribution in [-0.2, 0) is 0 Å². The number of rotatable bonds is 1. The molecule has 0 atom stereocenters. The first-order chi connectivity index (χ1) is 8.14. The average molecular weight is 235 g/mol. The molecule has 3 nitrogen and oxygen atoms in total. The summed E-state index contributed by atoms with van der Waals surface area (Å²) in [5.41, 5.74) is 3.05. The highest BCUT2D eigenvalue weighted by Crippen LogP contribution is 2.35. The van der Waals surface area contributed by atoms with E-state index in [2.05, 4.69) is 15.0 Å². The van der Waals surface area contributed by atoms with Gasteiger partial charge >= 0.3 is 0 Å². The molecule has 0 amide bonds. The molecule has 0 aliphatic heterocycles. The van der Waals surface area contributed by atoms with Crippen molar-refractivity contribution < 1.29 is 8.78 Å². The molecule has 0 aromatic carbocycles. The number of hydrogen-bond donors (Lipinski definition) is 1. The van der Waals surface area contributed by atoms with Crippen LogP contribution in [-0.4, -0.2) is 20.9 Å². The second-order valence-corrected chi connectivity index (χ2v) is 4.26. The van der Waals surface area contributed by atoms with Crippen molar-refractivity contribution >= 4 is 16.7 Å². The van der Waals surface area contributed by atoms with Crippen molar-refractivity contribution in [2.75, 3.05) is 0 Å². The molecule has 17 heavy (non-hydrogen) atoms. The third-order valence-corrected chi connectivity index (χ3v) is 3.00. The minimum absolute atomic E-state index is 0.105. The fraction of sp³-hybridized carbons (Fsp3) is 0.333. The maximum absolute atomic E-state index is 13.0. The first-order valence-electron chi connectivity index (χ1n) is 5.51. The smallest absolute Gasteiger partial charge is 0.251 e. The molecule has 2 aromatic rings. The summed E-state index contributed by atoms with van der Waals surface area (Å²) >= 11 is 0. The lowest BCUT2D eigenvalue weighted by Crippen LogP contribution is -2.18. The fourth-order valence-corrected chi connectivity index (χ4v) is 2.01. The van der Waals surface area contributed by atoms with Gasteiger partial charge in [-0.15, -0.1) is 0 Å². The van der Waals surface area contributed by atoms with E-state index < -0.39 is 5.92 Å². The highest BCUT2D eigenvalue weighted by molar-refractivity contribution is 5.74. The maximum atomic E-state index is 13.0. The van der Waals surface area contributed by atoms with Crippen LogP contribution < -0.4 is 0 Å². The standard InChI is InChI=1S/C12H11F2N3/c13-12(14)4-1-8(2-5-12)10-7-16-11-9(17-10)3-6-15-11/h1,3,6-7H,2,4-5H2,(H,15,16). The molecule has 0 saturated heterocycles. The number of fused-ring (bicyclic) bond motifs is 1. The zero-order valence-electron chi connectivity index (χ0n) is 9.08. The molecule has 0 fully saturated rings. The van der Waals surface area contributed by atoms with Gasteiger partial charge in [-0.1, -0.05) is 6.08 Å². The number of alkyl halides is 2. The predicted molar refractivity (Wildman–Crippen MR) is 60.7 cm³/mol. The van der Waals surface area contributed by atoms with Crippen LogP contribution in [0.4, 0.5) is 8.78 Å². The van der Waals surface area contributed by atoms with Crippen LogP contribution in [0, 0.1) is 0 Å². The molecule has 1 aliphatic rings. The summed E-state index contributed by atoms with van der Waals surface area (Å²) in [4.78, 5) is 11.6. The minimum Gasteiger partial charge on any atom is -0.345 e. The Balaban J connectivity index is 1.96. The van der Waals surface area contributed by atoms with Crippen LogP contribution in [0.1, 0.15) is 25.0 Å². The molecule has 0 bridgehead atoms. The normalized spacial score (nSPS) is 19.3. The third-order valence-electron chi connectivity index (χ3n) is 3.00.